The van der Waals surface area contributed by atoms with Crippen molar-refractivity contribution in [3.63, 3.8) is 0 Å². The van der Waals surface area contributed by atoms with Gasteiger partial charge in [-0.05, 0) is 61.7 Å². The van der Waals surface area contributed by atoms with Crippen molar-refractivity contribution in [1.82, 2.24) is 14.9 Å². The molecule has 2 aromatic rings. The summed E-state index contributed by atoms with van der Waals surface area (Å²) in [6.45, 7) is 2.11. The molecule has 0 bridgehead atoms. The first kappa shape index (κ1) is 24.0. The summed E-state index contributed by atoms with van der Waals surface area (Å²) in [7, 11) is 0. The lowest BCUT2D eigenvalue weighted by molar-refractivity contribution is -0.0328. The number of anilines is 1. The molecule has 0 spiro atoms. The normalized spacial score (nSPS) is 15.2. The number of carbonyl (C=O) groups is 1. The molecule has 170 valence electrons. The van der Waals surface area contributed by atoms with Gasteiger partial charge in [-0.3, -0.25) is 10.2 Å². The van der Waals surface area contributed by atoms with E-state index in [2.05, 4.69) is 20.3 Å². The van der Waals surface area contributed by atoms with Crippen LogP contribution in [-0.2, 0) is 0 Å². The molecule has 1 amide bonds. The molecule has 1 aliphatic carbocycles. The smallest absolute Gasteiger partial charge is 0.328 e. The molecule has 1 aliphatic rings. The number of nitrogens with zero attached hydrogens (tertiary/aromatic N) is 4. The topological polar surface area (TPSA) is 94.3 Å². The standard InChI is InChI=1S/C20H20ClF3N6OS/c1-12(17(28-11-25)29-19-26-5-2-6-27-19)30(10-13-3-4-13)18(31)14-7-15(21)9-16(8-14)32-20(22,23)24/h2,5-9,11-13H,3-4,10H2,1H3,(H2,25,26,27,28,29). The van der Waals surface area contributed by atoms with E-state index in [1.807, 2.05) is 0 Å². The zero-order valence-corrected chi connectivity index (χ0v) is 18.5. The lowest BCUT2D eigenvalue weighted by Gasteiger charge is -2.30. The molecule has 32 heavy (non-hydrogen) atoms. The molecular formula is C20H20ClF3N6OS. The Balaban J connectivity index is 1.90. The number of amidine groups is 1. The van der Waals surface area contributed by atoms with Crippen molar-refractivity contribution in [2.75, 3.05) is 11.9 Å². The van der Waals surface area contributed by atoms with Crippen molar-refractivity contribution in [2.45, 2.75) is 36.2 Å². The summed E-state index contributed by atoms with van der Waals surface area (Å²) in [6, 6.07) is 4.70. The molecule has 0 aliphatic heterocycles. The molecule has 3 rings (SSSR count). The maximum atomic E-state index is 13.4. The van der Waals surface area contributed by atoms with Gasteiger partial charge >= 0.3 is 5.51 Å². The second kappa shape index (κ2) is 10.3. The number of nitrogens with one attached hydrogen (secondary N) is 2. The number of hydrogen-bond donors (Lipinski definition) is 2. The van der Waals surface area contributed by atoms with Crippen LogP contribution in [0.2, 0.25) is 5.02 Å². The lowest BCUT2D eigenvalue weighted by atomic mass is 10.1. The van der Waals surface area contributed by atoms with Crippen LogP contribution in [0.1, 0.15) is 30.1 Å². The Morgan fingerprint density at radius 1 is 1.38 bits per heavy atom. The minimum Gasteiger partial charge on any atom is -0.328 e. The van der Waals surface area contributed by atoms with Crippen LogP contribution in [0.4, 0.5) is 19.1 Å². The van der Waals surface area contributed by atoms with Crippen molar-refractivity contribution in [3.8, 4) is 0 Å². The van der Waals surface area contributed by atoms with Crippen LogP contribution in [0, 0.1) is 11.3 Å². The fraction of sp³-hybridized carbons (Fsp3) is 0.350. The van der Waals surface area contributed by atoms with Crippen molar-refractivity contribution >= 4 is 47.4 Å². The summed E-state index contributed by atoms with van der Waals surface area (Å²) in [4.78, 5) is 26.9. The van der Waals surface area contributed by atoms with Gasteiger partial charge in [0, 0.05) is 34.4 Å². The summed E-state index contributed by atoms with van der Waals surface area (Å²) >= 11 is 5.68. The van der Waals surface area contributed by atoms with Crippen LogP contribution in [0.25, 0.3) is 0 Å². The third-order valence-corrected chi connectivity index (χ3v) is 5.56. The minimum absolute atomic E-state index is 0.0332. The largest absolute Gasteiger partial charge is 0.446 e. The molecule has 1 aromatic heterocycles. The summed E-state index contributed by atoms with van der Waals surface area (Å²) in [5, 5.41) is 10.3. The summed E-state index contributed by atoms with van der Waals surface area (Å²) in [5.41, 5.74) is -4.46. The van der Waals surface area contributed by atoms with Gasteiger partial charge in [0.05, 0.1) is 6.04 Å². The number of aliphatic imine (C=N–C) groups is 1. The van der Waals surface area contributed by atoms with E-state index in [9.17, 15) is 18.0 Å². The highest BCUT2D eigenvalue weighted by Crippen LogP contribution is 2.38. The predicted molar refractivity (Wildman–Crippen MR) is 118 cm³/mol. The number of alkyl halides is 3. The Morgan fingerprint density at radius 2 is 2.06 bits per heavy atom. The molecule has 1 saturated carbocycles. The van der Waals surface area contributed by atoms with Crippen LogP contribution < -0.4 is 5.32 Å². The van der Waals surface area contributed by atoms with Gasteiger partial charge in [0.1, 0.15) is 12.2 Å². The molecule has 0 radical (unpaired) electrons. The SMILES string of the molecule is CC(/C(=N/C=N)Nc1ncccn1)N(CC1CC1)C(=O)c1cc(Cl)cc(SC(F)(F)F)c1. The average Bonchev–Trinajstić information content (AvgIpc) is 3.54. The van der Waals surface area contributed by atoms with Gasteiger partial charge in [0.2, 0.25) is 5.95 Å². The van der Waals surface area contributed by atoms with Crippen LogP contribution in [0.3, 0.4) is 0 Å². The van der Waals surface area contributed by atoms with Crippen molar-refractivity contribution < 1.29 is 18.0 Å². The van der Waals surface area contributed by atoms with Crippen LogP contribution in [-0.4, -0.2) is 51.0 Å². The molecule has 2 N–H and O–H groups in total. The molecule has 1 heterocycles. The van der Waals surface area contributed by atoms with E-state index < -0.39 is 17.5 Å². The quantitative estimate of drug-likeness (QED) is 0.309. The maximum absolute atomic E-state index is 13.4. The second-order valence-electron chi connectivity index (χ2n) is 7.14. The van der Waals surface area contributed by atoms with Crippen LogP contribution >= 0.6 is 23.4 Å². The van der Waals surface area contributed by atoms with Crippen LogP contribution in [0.15, 0.2) is 46.5 Å². The third-order valence-electron chi connectivity index (χ3n) is 4.64. The fourth-order valence-corrected chi connectivity index (χ4v) is 3.92. The van der Waals surface area contributed by atoms with E-state index in [1.54, 1.807) is 13.0 Å². The van der Waals surface area contributed by atoms with Gasteiger partial charge < -0.3 is 10.2 Å². The summed E-state index contributed by atoms with van der Waals surface area (Å²) < 4.78 is 38.5. The zero-order valence-electron chi connectivity index (χ0n) is 16.9. The van der Waals surface area contributed by atoms with E-state index in [1.165, 1.54) is 35.5 Å². The summed E-state index contributed by atoms with van der Waals surface area (Å²) in [5.74, 6) is 0.306. The predicted octanol–water partition coefficient (Wildman–Crippen LogP) is 5.10. The first-order chi connectivity index (χ1) is 15.2. The van der Waals surface area contributed by atoms with E-state index in [0.717, 1.165) is 19.2 Å². The maximum Gasteiger partial charge on any atom is 0.446 e. The Morgan fingerprint density at radius 3 is 2.66 bits per heavy atom. The van der Waals surface area contributed by atoms with E-state index in [4.69, 9.17) is 17.0 Å². The van der Waals surface area contributed by atoms with Gasteiger partial charge in [-0.25, -0.2) is 15.0 Å². The van der Waals surface area contributed by atoms with E-state index in [-0.39, 0.29) is 39.0 Å². The number of thioether (sulfide) groups is 1. The van der Waals surface area contributed by atoms with Crippen molar-refractivity contribution in [1.29, 1.82) is 5.41 Å². The Kier molecular flexibility index (Phi) is 7.73. The Bertz CT molecular complexity index is 1000. The van der Waals surface area contributed by atoms with Gasteiger partial charge in [-0.15, -0.1) is 0 Å². The molecule has 7 nitrogen and oxygen atoms in total. The zero-order chi connectivity index (χ0) is 23.3. The molecule has 12 heteroatoms. The monoisotopic (exact) mass is 484 g/mol. The Hall–Kier alpha value is -2.66. The van der Waals surface area contributed by atoms with Gasteiger partial charge in [0.15, 0.2) is 0 Å². The van der Waals surface area contributed by atoms with E-state index >= 15 is 0 Å². The highest BCUT2D eigenvalue weighted by atomic mass is 35.5. The lowest BCUT2D eigenvalue weighted by Crippen LogP contribution is -2.47. The van der Waals surface area contributed by atoms with Gasteiger partial charge in [-0.2, -0.15) is 13.2 Å². The Labute approximate surface area is 192 Å². The molecular weight excluding hydrogens is 465 g/mol. The van der Waals surface area contributed by atoms with Gasteiger partial charge in [-0.1, -0.05) is 11.6 Å². The van der Waals surface area contributed by atoms with Gasteiger partial charge in [0.25, 0.3) is 5.91 Å². The highest BCUT2D eigenvalue weighted by Gasteiger charge is 2.34. The molecule has 1 aromatic carbocycles. The molecule has 1 unspecified atom stereocenters. The summed E-state index contributed by atoms with van der Waals surface area (Å²) in [6.07, 6.45) is 5.79. The van der Waals surface area contributed by atoms with Crippen LogP contribution in [0.5, 0.6) is 0 Å². The molecule has 1 fully saturated rings. The van der Waals surface area contributed by atoms with Crippen molar-refractivity contribution in [2.24, 2.45) is 10.9 Å². The average molecular weight is 485 g/mol. The van der Waals surface area contributed by atoms with E-state index in [0.29, 0.717) is 12.5 Å². The fourth-order valence-electron chi connectivity index (χ4n) is 2.98. The first-order valence-corrected chi connectivity index (χ1v) is 10.8. The number of benzene rings is 1. The number of halogens is 4. The number of carbonyl (C=O) groups excluding carboxylic acids is 1. The number of amides is 1. The number of hydrogen-bond acceptors (Lipinski definition) is 5. The van der Waals surface area contributed by atoms with Crippen molar-refractivity contribution in [3.05, 3.63) is 47.2 Å². The molecule has 1 atom stereocenters. The third kappa shape index (κ3) is 6.92. The number of aromatic nitrogens is 2. The molecule has 0 saturated heterocycles. The second-order valence-corrected chi connectivity index (χ2v) is 8.72. The number of rotatable bonds is 8. The first-order valence-electron chi connectivity index (χ1n) is 9.64. The minimum atomic E-state index is -4.50. The highest BCUT2D eigenvalue weighted by molar-refractivity contribution is 8.00.